The fourth-order valence-electron chi connectivity index (χ4n) is 2.44. The number of nitrogens with zero attached hydrogens (tertiary/aromatic N) is 1. The highest BCUT2D eigenvalue weighted by Crippen LogP contribution is 2.25. The third kappa shape index (κ3) is 5.80. The second kappa shape index (κ2) is 9.87. The Morgan fingerprint density at radius 2 is 1.82 bits per heavy atom. The molecular formula is C21H19N3O2S2. The van der Waals surface area contributed by atoms with Crippen LogP contribution in [0.4, 0.5) is 10.8 Å². The number of amides is 2. The first-order valence-corrected chi connectivity index (χ1v) is 10.7. The molecule has 1 heterocycles. The molecule has 0 atom stereocenters. The molecule has 2 N–H and O–H groups in total. The molecule has 0 aliphatic carbocycles. The van der Waals surface area contributed by atoms with Crippen LogP contribution in [0.3, 0.4) is 0 Å². The average Bonchev–Trinajstić information content (AvgIpc) is 3.14. The van der Waals surface area contributed by atoms with Gasteiger partial charge in [-0.2, -0.15) is 0 Å². The van der Waals surface area contributed by atoms with Gasteiger partial charge in [-0.3, -0.25) is 14.9 Å². The summed E-state index contributed by atoms with van der Waals surface area (Å²) in [4.78, 5) is 29.6. The third-order valence-corrected chi connectivity index (χ3v) is 5.33. The van der Waals surface area contributed by atoms with E-state index in [1.165, 1.54) is 17.4 Å². The molecule has 5 nitrogen and oxygen atoms in total. The van der Waals surface area contributed by atoms with Crippen molar-refractivity contribution in [1.29, 1.82) is 0 Å². The average molecular weight is 410 g/mol. The van der Waals surface area contributed by atoms with Gasteiger partial charge >= 0.3 is 0 Å². The van der Waals surface area contributed by atoms with E-state index in [1.807, 2.05) is 60.9 Å². The van der Waals surface area contributed by atoms with Crippen LogP contribution in [0.25, 0.3) is 6.08 Å². The Kier molecular flexibility index (Phi) is 7.00. The molecule has 0 aliphatic heterocycles. The van der Waals surface area contributed by atoms with Gasteiger partial charge in [0.15, 0.2) is 5.13 Å². The van der Waals surface area contributed by atoms with E-state index in [0.717, 1.165) is 16.1 Å². The highest BCUT2D eigenvalue weighted by molar-refractivity contribution is 7.98. The van der Waals surface area contributed by atoms with E-state index in [9.17, 15) is 9.59 Å². The van der Waals surface area contributed by atoms with Gasteiger partial charge in [0.1, 0.15) is 0 Å². The smallest absolute Gasteiger partial charge is 0.250 e. The number of rotatable bonds is 7. The molecule has 7 heteroatoms. The minimum atomic E-state index is -0.261. The van der Waals surface area contributed by atoms with E-state index >= 15 is 0 Å². The van der Waals surface area contributed by atoms with Crippen LogP contribution >= 0.6 is 23.1 Å². The Morgan fingerprint density at radius 1 is 1.07 bits per heavy atom. The molecule has 0 saturated carbocycles. The number of carbonyl (C=O) groups excluding carboxylic acids is 2. The third-order valence-electron chi connectivity index (χ3n) is 3.73. The maximum absolute atomic E-state index is 12.3. The summed E-state index contributed by atoms with van der Waals surface area (Å²) in [6.07, 6.45) is 5.31. The highest BCUT2D eigenvalue weighted by atomic mass is 32.2. The first-order chi connectivity index (χ1) is 13.6. The van der Waals surface area contributed by atoms with Crippen LogP contribution in [0, 0.1) is 0 Å². The molecule has 142 valence electrons. The molecule has 2 amide bonds. The standard InChI is InChI=1S/C21H19N3O2S2/c1-27-18-10-6-5-9-17(18)23-20(26)13-16-14-28-21(22-16)24-19(25)12-11-15-7-3-2-4-8-15/h2-12,14H,13H2,1H3,(H,23,26)(H,22,24,25). The van der Waals surface area contributed by atoms with Crippen LogP contribution in [-0.4, -0.2) is 23.1 Å². The van der Waals surface area contributed by atoms with Crippen LogP contribution in [0.5, 0.6) is 0 Å². The predicted molar refractivity (Wildman–Crippen MR) is 117 cm³/mol. The molecule has 0 saturated heterocycles. The van der Waals surface area contributed by atoms with Crippen molar-refractivity contribution in [3.8, 4) is 0 Å². The summed E-state index contributed by atoms with van der Waals surface area (Å²) in [6, 6.07) is 17.2. The lowest BCUT2D eigenvalue weighted by Gasteiger charge is -2.08. The summed E-state index contributed by atoms with van der Waals surface area (Å²) >= 11 is 2.87. The number of thioether (sulfide) groups is 1. The summed E-state index contributed by atoms with van der Waals surface area (Å²) in [7, 11) is 0. The quantitative estimate of drug-likeness (QED) is 0.438. The first-order valence-electron chi connectivity index (χ1n) is 8.55. The van der Waals surface area contributed by atoms with E-state index in [-0.39, 0.29) is 18.2 Å². The van der Waals surface area contributed by atoms with Crippen molar-refractivity contribution >= 4 is 51.8 Å². The molecular weight excluding hydrogens is 390 g/mol. The molecule has 0 radical (unpaired) electrons. The van der Waals surface area contributed by atoms with E-state index < -0.39 is 0 Å². The lowest BCUT2D eigenvalue weighted by molar-refractivity contribution is -0.115. The van der Waals surface area contributed by atoms with Gasteiger partial charge in [0, 0.05) is 16.4 Å². The fraction of sp³-hybridized carbons (Fsp3) is 0.0952. The van der Waals surface area contributed by atoms with Gasteiger partial charge in [-0.1, -0.05) is 42.5 Å². The van der Waals surface area contributed by atoms with E-state index in [1.54, 1.807) is 23.2 Å². The van der Waals surface area contributed by atoms with Crippen LogP contribution < -0.4 is 10.6 Å². The first kappa shape index (κ1) is 19.9. The molecule has 28 heavy (non-hydrogen) atoms. The maximum atomic E-state index is 12.3. The number of nitrogens with one attached hydrogen (secondary N) is 2. The Labute approximate surface area is 171 Å². The molecule has 3 aromatic rings. The summed E-state index contributed by atoms with van der Waals surface area (Å²) in [6.45, 7) is 0. The van der Waals surface area contributed by atoms with Gasteiger partial charge in [-0.15, -0.1) is 23.1 Å². The largest absolute Gasteiger partial charge is 0.325 e. The Bertz CT molecular complexity index is 984. The van der Waals surface area contributed by atoms with E-state index in [4.69, 9.17) is 0 Å². The molecule has 1 aromatic heterocycles. The van der Waals surface area contributed by atoms with Crippen molar-refractivity contribution in [1.82, 2.24) is 4.98 Å². The topological polar surface area (TPSA) is 71.1 Å². The van der Waals surface area contributed by atoms with Crippen molar-refractivity contribution in [2.75, 3.05) is 16.9 Å². The summed E-state index contributed by atoms with van der Waals surface area (Å²) in [5.41, 5.74) is 2.35. The van der Waals surface area contributed by atoms with Gasteiger partial charge in [-0.25, -0.2) is 4.98 Å². The molecule has 3 rings (SSSR count). The summed E-state index contributed by atoms with van der Waals surface area (Å²) < 4.78 is 0. The van der Waals surface area contributed by atoms with Gasteiger partial charge in [0.2, 0.25) is 11.8 Å². The molecule has 0 fully saturated rings. The monoisotopic (exact) mass is 409 g/mol. The summed E-state index contributed by atoms with van der Waals surface area (Å²) in [5, 5.41) is 7.87. The lowest BCUT2D eigenvalue weighted by Crippen LogP contribution is -2.15. The van der Waals surface area contributed by atoms with Crippen molar-refractivity contribution in [2.45, 2.75) is 11.3 Å². The van der Waals surface area contributed by atoms with Crippen LogP contribution in [0.2, 0.25) is 0 Å². The lowest BCUT2D eigenvalue weighted by atomic mass is 10.2. The van der Waals surface area contributed by atoms with Crippen LogP contribution in [-0.2, 0) is 16.0 Å². The number of hydrogen-bond donors (Lipinski definition) is 2. The molecule has 0 unspecified atom stereocenters. The maximum Gasteiger partial charge on any atom is 0.250 e. The number of aromatic nitrogens is 1. The molecule has 0 aliphatic rings. The Morgan fingerprint density at radius 3 is 2.61 bits per heavy atom. The van der Waals surface area contributed by atoms with Gasteiger partial charge in [0.05, 0.1) is 17.8 Å². The Hall–Kier alpha value is -2.90. The van der Waals surface area contributed by atoms with E-state index in [2.05, 4.69) is 15.6 Å². The zero-order chi connectivity index (χ0) is 19.8. The number of thiazole rings is 1. The zero-order valence-electron chi connectivity index (χ0n) is 15.2. The van der Waals surface area contributed by atoms with Crippen molar-refractivity contribution in [3.63, 3.8) is 0 Å². The van der Waals surface area contributed by atoms with Gasteiger partial charge in [0.25, 0.3) is 0 Å². The molecule has 2 aromatic carbocycles. The number of carbonyl (C=O) groups is 2. The number of hydrogen-bond acceptors (Lipinski definition) is 5. The number of anilines is 2. The SMILES string of the molecule is CSc1ccccc1NC(=O)Cc1csc(NC(=O)C=Cc2ccccc2)n1. The number of benzene rings is 2. The van der Waals surface area contributed by atoms with E-state index in [0.29, 0.717) is 10.8 Å². The molecule has 0 bridgehead atoms. The highest BCUT2D eigenvalue weighted by Gasteiger charge is 2.11. The van der Waals surface area contributed by atoms with Crippen LogP contribution in [0.1, 0.15) is 11.3 Å². The Balaban J connectivity index is 1.54. The van der Waals surface area contributed by atoms with Crippen molar-refractivity contribution in [2.24, 2.45) is 0 Å². The second-order valence-electron chi connectivity index (χ2n) is 5.80. The van der Waals surface area contributed by atoms with Gasteiger partial charge < -0.3 is 5.32 Å². The predicted octanol–water partition coefficient (Wildman–Crippen LogP) is 4.70. The minimum absolute atomic E-state index is 0.145. The second-order valence-corrected chi connectivity index (χ2v) is 7.51. The normalized spacial score (nSPS) is 10.8. The zero-order valence-corrected chi connectivity index (χ0v) is 16.8. The van der Waals surface area contributed by atoms with Crippen LogP contribution in [0.15, 0.2) is 70.9 Å². The van der Waals surface area contributed by atoms with Crippen molar-refractivity contribution in [3.05, 3.63) is 77.3 Å². The van der Waals surface area contributed by atoms with Gasteiger partial charge in [-0.05, 0) is 30.0 Å². The molecule has 0 spiro atoms. The fourth-order valence-corrected chi connectivity index (χ4v) is 3.70. The summed E-state index contributed by atoms with van der Waals surface area (Å²) in [5.74, 6) is -0.406. The number of para-hydroxylation sites is 1. The minimum Gasteiger partial charge on any atom is -0.325 e. The van der Waals surface area contributed by atoms with Crippen molar-refractivity contribution < 1.29 is 9.59 Å².